The lowest BCUT2D eigenvalue weighted by Gasteiger charge is -2.44. The lowest BCUT2D eigenvalue weighted by molar-refractivity contribution is -0.0111. The van der Waals surface area contributed by atoms with Gasteiger partial charge < -0.3 is 14.1 Å². The molecule has 1 saturated heterocycles. The van der Waals surface area contributed by atoms with Gasteiger partial charge in [0.05, 0.1) is 12.8 Å². The summed E-state index contributed by atoms with van der Waals surface area (Å²) in [4.78, 5) is 16.4. The Bertz CT molecular complexity index is 452. The molecule has 0 aromatic carbocycles. The van der Waals surface area contributed by atoms with Crippen LogP contribution in [-0.4, -0.2) is 46.7 Å². The molecule has 1 amide bonds. The van der Waals surface area contributed by atoms with Gasteiger partial charge in [-0.1, -0.05) is 0 Å². The maximum atomic E-state index is 12.2. The van der Waals surface area contributed by atoms with E-state index in [1.807, 2.05) is 32.9 Å². The van der Waals surface area contributed by atoms with Gasteiger partial charge >= 0.3 is 6.09 Å². The number of carbonyl (C=O) groups excluding carboxylic acids is 1. The van der Waals surface area contributed by atoms with Crippen LogP contribution < -0.4 is 0 Å². The Hall–Kier alpha value is -1.49. The summed E-state index contributed by atoms with van der Waals surface area (Å²) < 4.78 is 10.9. The smallest absolute Gasteiger partial charge is 0.410 e. The molecule has 1 aromatic heterocycles. The topological polar surface area (TPSA) is 45.9 Å². The highest BCUT2D eigenvalue weighted by Gasteiger charge is 2.34. The van der Waals surface area contributed by atoms with E-state index in [0.717, 1.165) is 12.3 Å². The highest BCUT2D eigenvalue weighted by atomic mass is 16.6. The summed E-state index contributed by atoms with van der Waals surface area (Å²) >= 11 is 0. The molecule has 0 radical (unpaired) electrons. The lowest BCUT2D eigenvalue weighted by Crippen LogP contribution is -2.58. The van der Waals surface area contributed by atoms with Gasteiger partial charge in [-0.25, -0.2) is 4.79 Å². The summed E-state index contributed by atoms with van der Waals surface area (Å²) in [5.41, 5.74) is -0.450. The van der Waals surface area contributed by atoms with Crippen LogP contribution in [0.5, 0.6) is 0 Å². The predicted molar refractivity (Wildman–Crippen MR) is 81.0 cm³/mol. The van der Waals surface area contributed by atoms with Crippen LogP contribution in [0.3, 0.4) is 0 Å². The van der Waals surface area contributed by atoms with E-state index in [2.05, 4.69) is 18.7 Å². The second-order valence-electron chi connectivity index (χ2n) is 6.84. The van der Waals surface area contributed by atoms with E-state index < -0.39 is 5.60 Å². The molecule has 1 aromatic rings. The maximum Gasteiger partial charge on any atom is 0.410 e. The summed E-state index contributed by atoms with van der Waals surface area (Å²) in [5.74, 6) is 0.958. The molecular formula is C16H26N2O3. The van der Waals surface area contributed by atoms with E-state index in [9.17, 15) is 4.79 Å². The Balaban J connectivity index is 1.96. The monoisotopic (exact) mass is 294 g/mol. The zero-order chi connectivity index (χ0) is 15.6. The molecule has 0 N–H and O–H groups in total. The van der Waals surface area contributed by atoms with Gasteiger partial charge in [0.2, 0.25) is 0 Å². The van der Waals surface area contributed by atoms with Crippen molar-refractivity contribution in [2.75, 3.05) is 13.1 Å². The van der Waals surface area contributed by atoms with Gasteiger partial charge in [-0.2, -0.15) is 0 Å². The molecule has 5 nitrogen and oxygen atoms in total. The molecule has 0 bridgehead atoms. The number of piperazine rings is 1. The summed E-state index contributed by atoms with van der Waals surface area (Å²) in [6, 6.07) is 4.43. The second kappa shape index (κ2) is 6.10. The lowest BCUT2D eigenvalue weighted by atomic mass is 10.1. The third-order valence-corrected chi connectivity index (χ3v) is 3.67. The summed E-state index contributed by atoms with van der Waals surface area (Å²) in [7, 11) is 0. The van der Waals surface area contributed by atoms with Gasteiger partial charge in [0.1, 0.15) is 11.4 Å². The van der Waals surface area contributed by atoms with Crippen LogP contribution in [0.2, 0.25) is 0 Å². The largest absolute Gasteiger partial charge is 0.468 e. The number of carbonyl (C=O) groups is 1. The van der Waals surface area contributed by atoms with Crippen molar-refractivity contribution in [3.63, 3.8) is 0 Å². The number of amides is 1. The Kier molecular flexibility index (Phi) is 4.61. The van der Waals surface area contributed by atoms with Crippen molar-refractivity contribution in [2.24, 2.45) is 0 Å². The van der Waals surface area contributed by atoms with E-state index in [1.165, 1.54) is 0 Å². The van der Waals surface area contributed by atoms with Crippen LogP contribution in [0.1, 0.15) is 40.4 Å². The fraction of sp³-hybridized carbons (Fsp3) is 0.688. The SMILES string of the molecule is C[C@@H]1CN(C(=O)OC(C)(C)C)C[C@H](C)N1Cc1ccco1. The maximum absolute atomic E-state index is 12.2. The van der Waals surface area contributed by atoms with Gasteiger partial charge in [-0.05, 0) is 46.8 Å². The van der Waals surface area contributed by atoms with Gasteiger partial charge in [0.15, 0.2) is 0 Å². The average molecular weight is 294 g/mol. The highest BCUT2D eigenvalue weighted by molar-refractivity contribution is 5.68. The first-order valence-electron chi connectivity index (χ1n) is 7.52. The minimum Gasteiger partial charge on any atom is -0.468 e. The predicted octanol–water partition coefficient (Wildman–Crippen LogP) is 3.11. The van der Waals surface area contributed by atoms with Crippen LogP contribution in [0.25, 0.3) is 0 Å². The number of hydrogen-bond donors (Lipinski definition) is 0. The third-order valence-electron chi connectivity index (χ3n) is 3.67. The van der Waals surface area contributed by atoms with Gasteiger partial charge in [0, 0.05) is 25.2 Å². The summed E-state index contributed by atoms with van der Waals surface area (Å²) in [6.07, 6.45) is 1.47. The Morgan fingerprint density at radius 2 is 1.95 bits per heavy atom. The second-order valence-corrected chi connectivity index (χ2v) is 6.84. The van der Waals surface area contributed by atoms with Crippen molar-refractivity contribution in [3.8, 4) is 0 Å². The van der Waals surface area contributed by atoms with Crippen LogP contribution in [-0.2, 0) is 11.3 Å². The standard InChI is InChI=1S/C16H26N2O3/c1-12-9-17(15(19)21-16(3,4)5)10-13(2)18(12)11-14-7-6-8-20-14/h6-8,12-13H,9-11H2,1-5H3/t12-,13+. The molecular weight excluding hydrogens is 268 g/mol. The Morgan fingerprint density at radius 1 is 1.33 bits per heavy atom. The first-order valence-corrected chi connectivity index (χ1v) is 7.52. The van der Waals surface area contributed by atoms with Crippen molar-refractivity contribution in [1.29, 1.82) is 0 Å². The van der Waals surface area contributed by atoms with Crippen molar-refractivity contribution in [3.05, 3.63) is 24.2 Å². The Labute approximate surface area is 126 Å². The minimum absolute atomic E-state index is 0.223. The molecule has 118 valence electrons. The van der Waals surface area contributed by atoms with Crippen LogP contribution in [0.4, 0.5) is 4.79 Å². The van der Waals surface area contributed by atoms with E-state index in [4.69, 9.17) is 9.15 Å². The van der Waals surface area contributed by atoms with Crippen LogP contribution in [0.15, 0.2) is 22.8 Å². The summed E-state index contributed by atoms with van der Waals surface area (Å²) in [6.45, 7) is 12.1. The van der Waals surface area contributed by atoms with Crippen LogP contribution >= 0.6 is 0 Å². The fourth-order valence-electron chi connectivity index (χ4n) is 2.73. The molecule has 2 atom stereocenters. The van der Waals surface area contributed by atoms with Crippen molar-refractivity contribution >= 4 is 6.09 Å². The van der Waals surface area contributed by atoms with Crippen molar-refractivity contribution in [2.45, 2.75) is 58.8 Å². The quantitative estimate of drug-likeness (QED) is 0.841. The molecule has 1 aliphatic rings. The summed E-state index contributed by atoms with van der Waals surface area (Å²) in [5, 5.41) is 0. The molecule has 5 heteroatoms. The van der Waals surface area contributed by atoms with Crippen molar-refractivity contribution in [1.82, 2.24) is 9.80 Å². The zero-order valence-electron chi connectivity index (χ0n) is 13.6. The van der Waals surface area contributed by atoms with E-state index >= 15 is 0 Å². The molecule has 2 rings (SSSR count). The van der Waals surface area contributed by atoms with Crippen LogP contribution in [0, 0.1) is 0 Å². The molecule has 0 saturated carbocycles. The molecule has 2 heterocycles. The average Bonchev–Trinajstić information content (AvgIpc) is 2.84. The number of furan rings is 1. The highest BCUT2D eigenvalue weighted by Crippen LogP contribution is 2.21. The number of nitrogens with zero attached hydrogens (tertiary/aromatic N) is 2. The van der Waals surface area contributed by atoms with Crippen molar-refractivity contribution < 1.29 is 13.9 Å². The first kappa shape index (κ1) is 15.9. The minimum atomic E-state index is -0.450. The normalized spacial score (nSPS) is 24.1. The number of rotatable bonds is 2. The number of ether oxygens (including phenoxy) is 1. The van der Waals surface area contributed by atoms with E-state index in [-0.39, 0.29) is 18.2 Å². The van der Waals surface area contributed by atoms with E-state index in [1.54, 1.807) is 11.2 Å². The molecule has 0 spiro atoms. The fourth-order valence-corrected chi connectivity index (χ4v) is 2.73. The van der Waals surface area contributed by atoms with E-state index in [0.29, 0.717) is 13.1 Å². The van der Waals surface area contributed by atoms with Gasteiger partial charge in [-0.15, -0.1) is 0 Å². The molecule has 0 aliphatic carbocycles. The molecule has 0 unspecified atom stereocenters. The third kappa shape index (κ3) is 4.24. The Morgan fingerprint density at radius 3 is 2.43 bits per heavy atom. The van der Waals surface area contributed by atoms with Gasteiger partial charge in [0.25, 0.3) is 0 Å². The zero-order valence-corrected chi connectivity index (χ0v) is 13.6. The molecule has 1 fully saturated rings. The van der Waals surface area contributed by atoms with Gasteiger partial charge in [-0.3, -0.25) is 4.90 Å². The number of hydrogen-bond acceptors (Lipinski definition) is 4. The molecule has 1 aliphatic heterocycles. The molecule has 21 heavy (non-hydrogen) atoms. The first-order chi connectivity index (χ1) is 9.76.